The van der Waals surface area contributed by atoms with Crippen molar-refractivity contribution < 1.29 is 0 Å². The molecule has 1 aromatic heterocycles. The molecule has 1 heterocycles. The molecule has 76 valence electrons. The molecule has 0 N–H and O–H groups in total. The molecular weight excluding hydrogens is 198 g/mol. The van der Waals surface area contributed by atoms with E-state index in [0.717, 1.165) is 5.69 Å². The molecule has 4 heteroatoms. The number of hydrogen-bond acceptors (Lipinski definition) is 2. The fraction of sp³-hybridized carbons (Fsp3) is 0.600. The summed E-state index contributed by atoms with van der Waals surface area (Å²) in [5.41, 5.74) is 0.936. The van der Waals surface area contributed by atoms with E-state index < -0.39 is 0 Å². The smallest absolute Gasteiger partial charge is 0.0672 e. The Morgan fingerprint density at radius 2 is 2.36 bits per heavy atom. The third-order valence-electron chi connectivity index (χ3n) is 2.02. The van der Waals surface area contributed by atoms with Gasteiger partial charge in [-0.1, -0.05) is 0 Å². The maximum absolute atomic E-state index is 8.73. The number of aromatic nitrogens is 2. The van der Waals surface area contributed by atoms with E-state index in [2.05, 4.69) is 25.0 Å². The first-order valence-corrected chi connectivity index (χ1v) is 5.20. The van der Waals surface area contributed by atoms with Crippen molar-refractivity contribution in [2.75, 3.05) is 5.88 Å². The van der Waals surface area contributed by atoms with Crippen molar-refractivity contribution in [3.8, 4) is 6.07 Å². The quantitative estimate of drug-likeness (QED) is 0.718. The number of nitrogens with zero attached hydrogens (tertiary/aromatic N) is 3. The predicted octanol–water partition coefficient (Wildman–Crippen LogP) is 2.39. The van der Waals surface area contributed by atoms with Gasteiger partial charge in [-0.3, -0.25) is 4.68 Å². The summed E-state index contributed by atoms with van der Waals surface area (Å²) in [6.45, 7) is 4.14. The molecule has 1 aromatic rings. The zero-order chi connectivity index (χ0) is 10.6. The van der Waals surface area contributed by atoms with Crippen LogP contribution in [0, 0.1) is 17.2 Å². The van der Waals surface area contributed by atoms with Gasteiger partial charge in [-0.25, -0.2) is 0 Å². The van der Waals surface area contributed by atoms with Gasteiger partial charge in [-0.05, 0) is 19.9 Å². The minimum atomic E-state index is -0.132. The second kappa shape index (κ2) is 5.02. The Morgan fingerprint density at radius 1 is 1.64 bits per heavy atom. The third kappa shape index (κ3) is 2.74. The fourth-order valence-electron chi connectivity index (χ4n) is 1.16. The van der Waals surface area contributed by atoms with E-state index in [-0.39, 0.29) is 5.92 Å². The zero-order valence-corrected chi connectivity index (χ0v) is 9.20. The molecule has 0 bridgehead atoms. The average Bonchev–Trinajstić information content (AvgIpc) is 2.62. The van der Waals surface area contributed by atoms with Crippen LogP contribution in [-0.2, 0) is 6.42 Å². The highest BCUT2D eigenvalue weighted by Crippen LogP contribution is 2.10. The van der Waals surface area contributed by atoms with Crippen LogP contribution in [0.15, 0.2) is 12.3 Å². The monoisotopic (exact) mass is 211 g/mol. The predicted molar refractivity (Wildman–Crippen MR) is 56.1 cm³/mol. The minimum absolute atomic E-state index is 0.132. The van der Waals surface area contributed by atoms with E-state index in [4.69, 9.17) is 16.9 Å². The lowest BCUT2D eigenvalue weighted by molar-refractivity contribution is 0.523. The zero-order valence-electron chi connectivity index (χ0n) is 8.44. The van der Waals surface area contributed by atoms with Gasteiger partial charge in [0.1, 0.15) is 0 Å². The molecule has 0 aliphatic heterocycles. The first-order chi connectivity index (χ1) is 6.67. The normalized spacial score (nSPS) is 12.8. The standard InChI is InChI=1S/C10H14ClN3/c1-8(2)14-4-3-10(13-14)5-9(6-11)7-12/h3-4,8-9H,5-6H2,1-2H3. The van der Waals surface area contributed by atoms with Gasteiger partial charge in [0.2, 0.25) is 0 Å². The first kappa shape index (κ1) is 11.1. The fourth-order valence-corrected chi connectivity index (χ4v) is 1.34. The van der Waals surface area contributed by atoms with E-state index in [1.54, 1.807) is 0 Å². The van der Waals surface area contributed by atoms with Crippen molar-refractivity contribution >= 4 is 11.6 Å². The molecule has 0 aliphatic rings. The largest absolute Gasteiger partial charge is 0.270 e. The molecule has 14 heavy (non-hydrogen) atoms. The van der Waals surface area contributed by atoms with Crippen LogP contribution in [0.25, 0.3) is 0 Å². The van der Waals surface area contributed by atoms with Crippen LogP contribution in [-0.4, -0.2) is 15.7 Å². The molecular formula is C10H14ClN3. The Labute approximate surface area is 89.3 Å². The van der Waals surface area contributed by atoms with E-state index in [9.17, 15) is 0 Å². The highest BCUT2D eigenvalue weighted by atomic mass is 35.5. The van der Waals surface area contributed by atoms with Gasteiger partial charge in [0.25, 0.3) is 0 Å². The summed E-state index contributed by atoms with van der Waals surface area (Å²) in [4.78, 5) is 0. The Hall–Kier alpha value is -1.01. The lowest BCUT2D eigenvalue weighted by Crippen LogP contribution is -2.06. The summed E-state index contributed by atoms with van der Waals surface area (Å²) in [6.07, 6.45) is 2.57. The van der Waals surface area contributed by atoms with E-state index in [1.165, 1.54) is 0 Å². The van der Waals surface area contributed by atoms with E-state index >= 15 is 0 Å². The highest BCUT2D eigenvalue weighted by molar-refractivity contribution is 6.18. The second-order valence-electron chi connectivity index (χ2n) is 3.57. The van der Waals surface area contributed by atoms with Crippen molar-refractivity contribution in [1.29, 1.82) is 5.26 Å². The number of hydrogen-bond donors (Lipinski definition) is 0. The number of nitriles is 1. The molecule has 0 saturated carbocycles. The Bertz CT molecular complexity index is 324. The van der Waals surface area contributed by atoms with Gasteiger partial charge < -0.3 is 0 Å². The highest BCUT2D eigenvalue weighted by Gasteiger charge is 2.09. The summed E-state index contributed by atoms with van der Waals surface area (Å²) in [5.74, 6) is 0.234. The summed E-state index contributed by atoms with van der Waals surface area (Å²) in [6, 6.07) is 4.46. The van der Waals surface area contributed by atoms with Gasteiger partial charge in [0.15, 0.2) is 0 Å². The summed E-state index contributed by atoms with van der Waals surface area (Å²) < 4.78 is 1.89. The van der Waals surface area contributed by atoms with Crippen LogP contribution in [0.2, 0.25) is 0 Å². The maximum Gasteiger partial charge on any atom is 0.0672 e. The Balaban J connectivity index is 2.64. The van der Waals surface area contributed by atoms with Gasteiger partial charge in [0.05, 0.1) is 17.7 Å². The molecule has 3 nitrogen and oxygen atoms in total. The summed E-state index contributed by atoms with van der Waals surface area (Å²) in [5, 5.41) is 13.1. The molecule has 0 aliphatic carbocycles. The van der Waals surface area contributed by atoms with Gasteiger partial charge in [-0.2, -0.15) is 10.4 Å². The number of alkyl halides is 1. The average molecular weight is 212 g/mol. The SMILES string of the molecule is CC(C)n1ccc(CC(C#N)CCl)n1. The van der Waals surface area contributed by atoms with Crippen LogP contribution in [0.1, 0.15) is 25.6 Å². The summed E-state index contributed by atoms with van der Waals surface area (Å²) in [7, 11) is 0. The minimum Gasteiger partial charge on any atom is -0.270 e. The van der Waals surface area contributed by atoms with Crippen molar-refractivity contribution in [3.63, 3.8) is 0 Å². The van der Waals surface area contributed by atoms with Crippen molar-refractivity contribution in [2.45, 2.75) is 26.3 Å². The first-order valence-electron chi connectivity index (χ1n) is 4.67. The van der Waals surface area contributed by atoms with Gasteiger partial charge in [-0.15, -0.1) is 11.6 Å². The van der Waals surface area contributed by atoms with Gasteiger partial charge in [0, 0.05) is 24.5 Å². The Morgan fingerprint density at radius 3 is 2.79 bits per heavy atom. The maximum atomic E-state index is 8.73. The molecule has 1 rings (SSSR count). The molecule has 0 saturated heterocycles. The second-order valence-corrected chi connectivity index (χ2v) is 3.87. The molecule has 0 amide bonds. The molecule has 0 aromatic carbocycles. The van der Waals surface area contributed by atoms with Crippen LogP contribution >= 0.6 is 11.6 Å². The number of halogens is 1. The molecule has 1 atom stereocenters. The van der Waals surface area contributed by atoms with E-state index in [1.807, 2.05) is 16.9 Å². The van der Waals surface area contributed by atoms with Crippen LogP contribution in [0.5, 0.6) is 0 Å². The molecule has 0 fully saturated rings. The van der Waals surface area contributed by atoms with Crippen molar-refractivity contribution in [3.05, 3.63) is 18.0 Å². The molecule has 1 unspecified atom stereocenters. The Kier molecular flexibility index (Phi) is 3.97. The van der Waals surface area contributed by atoms with Crippen LogP contribution < -0.4 is 0 Å². The summed E-state index contributed by atoms with van der Waals surface area (Å²) >= 11 is 5.63. The van der Waals surface area contributed by atoms with Crippen molar-refractivity contribution in [1.82, 2.24) is 9.78 Å². The van der Waals surface area contributed by atoms with Gasteiger partial charge >= 0.3 is 0 Å². The lowest BCUT2D eigenvalue weighted by atomic mass is 10.1. The molecule has 0 radical (unpaired) electrons. The third-order valence-corrected chi connectivity index (χ3v) is 2.39. The van der Waals surface area contributed by atoms with Crippen molar-refractivity contribution in [2.24, 2.45) is 5.92 Å². The lowest BCUT2D eigenvalue weighted by Gasteiger charge is -2.04. The van der Waals surface area contributed by atoms with E-state index in [0.29, 0.717) is 18.3 Å². The van der Waals surface area contributed by atoms with Crippen LogP contribution in [0.3, 0.4) is 0 Å². The topological polar surface area (TPSA) is 41.6 Å². The molecule has 0 spiro atoms. The van der Waals surface area contributed by atoms with Crippen LogP contribution in [0.4, 0.5) is 0 Å². The number of rotatable bonds is 4.